The topological polar surface area (TPSA) is 88.9 Å². The molecule has 0 saturated heterocycles. The van der Waals surface area contributed by atoms with Crippen molar-refractivity contribution in [2.24, 2.45) is 0 Å². The van der Waals surface area contributed by atoms with Crippen LogP contribution in [0.3, 0.4) is 0 Å². The van der Waals surface area contributed by atoms with E-state index in [9.17, 15) is 14.9 Å². The van der Waals surface area contributed by atoms with E-state index in [1.165, 1.54) is 12.1 Å². The highest BCUT2D eigenvalue weighted by atomic mass is 127. The summed E-state index contributed by atoms with van der Waals surface area (Å²) in [6.45, 7) is 5.90. The molecule has 0 aliphatic heterocycles. The summed E-state index contributed by atoms with van der Waals surface area (Å²) in [6.07, 6.45) is 0. The molecule has 21 heavy (non-hydrogen) atoms. The number of rotatable bonds is 2. The average molecular weight is 399 g/mol. The van der Waals surface area contributed by atoms with Gasteiger partial charge in [-0.25, -0.2) is 4.98 Å². The van der Waals surface area contributed by atoms with Crippen LogP contribution in [-0.4, -0.2) is 14.9 Å². The van der Waals surface area contributed by atoms with Crippen LogP contribution in [0.5, 0.6) is 0 Å². The number of non-ortho nitro benzene ring substituents is 1. The number of benzene rings is 1. The Kier molecular flexibility index (Phi) is 4.13. The first-order valence-corrected chi connectivity index (χ1v) is 7.33. The molecule has 0 spiro atoms. The van der Waals surface area contributed by atoms with Gasteiger partial charge in [-0.2, -0.15) is 0 Å². The highest BCUT2D eigenvalue weighted by Gasteiger charge is 2.22. The van der Waals surface area contributed by atoms with Gasteiger partial charge in [-0.05, 0) is 22.6 Å². The second kappa shape index (κ2) is 5.55. The van der Waals surface area contributed by atoms with Gasteiger partial charge in [0.2, 0.25) is 0 Å². The Bertz CT molecular complexity index is 763. The summed E-state index contributed by atoms with van der Waals surface area (Å²) in [5, 5.41) is 10.8. The Labute approximate surface area is 134 Å². The molecule has 0 amide bonds. The summed E-state index contributed by atoms with van der Waals surface area (Å²) >= 11 is 1.97. The van der Waals surface area contributed by atoms with Crippen LogP contribution in [0.2, 0.25) is 0 Å². The zero-order valence-electron chi connectivity index (χ0n) is 11.8. The van der Waals surface area contributed by atoms with Crippen LogP contribution in [0.4, 0.5) is 5.69 Å². The van der Waals surface area contributed by atoms with Crippen molar-refractivity contribution in [1.29, 1.82) is 0 Å². The predicted octanol–water partition coefficient (Wildman–Crippen LogP) is 3.25. The van der Waals surface area contributed by atoms with E-state index in [1.54, 1.807) is 12.1 Å². The lowest BCUT2D eigenvalue weighted by molar-refractivity contribution is -0.384. The molecule has 2 rings (SSSR count). The minimum Gasteiger partial charge on any atom is -0.306 e. The summed E-state index contributed by atoms with van der Waals surface area (Å²) < 4.78 is 0.536. The van der Waals surface area contributed by atoms with E-state index in [0.29, 0.717) is 20.7 Å². The van der Waals surface area contributed by atoms with Gasteiger partial charge in [0.1, 0.15) is 9.39 Å². The van der Waals surface area contributed by atoms with Crippen molar-refractivity contribution in [1.82, 2.24) is 9.97 Å². The molecule has 1 aromatic carbocycles. The summed E-state index contributed by atoms with van der Waals surface area (Å²) in [7, 11) is 0. The first kappa shape index (κ1) is 15.6. The van der Waals surface area contributed by atoms with Crippen molar-refractivity contribution < 1.29 is 4.92 Å². The molecule has 0 fully saturated rings. The summed E-state index contributed by atoms with van der Waals surface area (Å²) in [6, 6.07) is 6.06. The Morgan fingerprint density at radius 2 is 2.00 bits per heavy atom. The molecule has 0 unspecified atom stereocenters. The molecule has 0 saturated carbocycles. The van der Waals surface area contributed by atoms with Crippen molar-refractivity contribution in [2.45, 2.75) is 26.2 Å². The van der Waals surface area contributed by atoms with Gasteiger partial charge in [-0.15, -0.1) is 0 Å². The fourth-order valence-electron chi connectivity index (χ4n) is 1.86. The molecule has 0 aliphatic carbocycles. The van der Waals surface area contributed by atoms with Gasteiger partial charge >= 0.3 is 0 Å². The molecule has 1 N–H and O–H groups in total. The summed E-state index contributed by atoms with van der Waals surface area (Å²) in [5.41, 5.74) is 0.625. The maximum absolute atomic E-state index is 12.1. The number of halogens is 1. The van der Waals surface area contributed by atoms with Gasteiger partial charge in [0.05, 0.1) is 10.6 Å². The zero-order chi connectivity index (χ0) is 15.8. The molecule has 2 aromatic rings. The highest BCUT2D eigenvalue weighted by molar-refractivity contribution is 14.1. The van der Waals surface area contributed by atoms with Crippen LogP contribution in [0, 0.1) is 13.7 Å². The first-order valence-electron chi connectivity index (χ1n) is 6.25. The Morgan fingerprint density at radius 3 is 2.57 bits per heavy atom. The van der Waals surface area contributed by atoms with E-state index < -0.39 is 4.92 Å². The van der Waals surface area contributed by atoms with E-state index in [0.717, 1.165) is 0 Å². The minimum absolute atomic E-state index is 0.0361. The number of aromatic amines is 1. The first-order chi connectivity index (χ1) is 9.70. The fourth-order valence-corrected chi connectivity index (χ4v) is 2.92. The number of aromatic nitrogens is 2. The maximum Gasteiger partial charge on any atom is 0.270 e. The van der Waals surface area contributed by atoms with E-state index in [1.807, 2.05) is 43.4 Å². The third-order valence-corrected chi connectivity index (χ3v) is 3.90. The lowest BCUT2D eigenvalue weighted by Crippen LogP contribution is -2.24. The van der Waals surface area contributed by atoms with Crippen molar-refractivity contribution in [3.63, 3.8) is 0 Å². The van der Waals surface area contributed by atoms with Crippen LogP contribution in [-0.2, 0) is 5.41 Å². The number of nitro benzene ring substituents is 1. The molecular weight excluding hydrogens is 385 g/mol. The minimum atomic E-state index is -0.473. The van der Waals surface area contributed by atoms with Gasteiger partial charge in [0.15, 0.2) is 0 Å². The van der Waals surface area contributed by atoms with E-state index in [2.05, 4.69) is 9.97 Å². The lowest BCUT2D eigenvalue weighted by Gasteiger charge is -2.19. The lowest BCUT2D eigenvalue weighted by atomic mass is 9.92. The number of H-pyrrole nitrogens is 1. The molecule has 0 atom stereocenters. The van der Waals surface area contributed by atoms with E-state index in [4.69, 9.17) is 0 Å². The van der Waals surface area contributed by atoms with Gasteiger partial charge in [-0.1, -0.05) is 32.9 Å². The SMILES string of the molecule is CC(C)(C)c1nc(-c2cccc([N+](=O)[O-])c2)[nH]c(=O)c1I. The van der Waals surface area contributed by atoms with Gasteiger partial charge in [0.25, 0.3) is 11.2 Å². The third kappa shape index (κ3) is 3.29. The normalized spacial score (nSPS) is 11.4. The molecule has 6 nitrogen and oxygen atoms in total. The number of hydrogen-bond acceptors (Lipinski definition) is 4. The summed E-state index contributed by atoms with van der Waals surface area (Å²) in [5.74, 6) is 0.342. The van der Waals surface area contributed by atoms with Crippen molar-refractivity contribution >= 4 is 28.3 Å². The maximum atomic E-state index is 12.1. The van der Waals surface area contributed by atoms with Crippen LogP contribution in [0.15, 0.2) is 29.1 Å². The van der Waals surface area contributed by atoms with Crippen molar-refractivity contribution in [3.05, 3.63) is 54.0 Å². The van der Waals surface area contributed by atoms with Gasteiger partial charge in [0, 0.05) is 23.1 Å². The Balaban J connectivity index is 2.66. The number of nitro groups is 1. The molecule has 0 aliphatic rings. The van der Waals surface area contributed by atoms with Crippen molar-refractivity contribution in [3.8, 4) is 11.4 Å². The van der Waals surface area contributed by atoms with Crippen LogP contribution < -0.4 is 5.56 Å². The number of nitrogens with one attached hydrogen (secondary N) is 1. The zero-order valence-corrected chi connectivity index (χ0v) is 14.0. The molecule has 7 heteroatoms. The van der Waals surface area contributed by atoms with Crippen LogP contribution in [0.1, 0.15) is 26.5 Å². The van der Waals surface area contributed by atoms with Crippen LogP contribution >= 0.6 is 22.6 Å². The average Bonchev–Trinajstić information content (AvgIpc) is 2.40. The molecule has 0 bridgehead atoms. The molecule has 0 radical (unpaired) electrons. The Morgan fingerprint density at radius 1 is 1.33 bits per heavy atom. The third-order valence-electron chi connectivity index (χ3n) is 2.90. The quantitative estimate of drug-likeness (QED) is 0.477. The highest BCUT2D eigenvalue weighted by Crippen LogP contribution is 2.26. The predicted molar refractivity (Wildman–Crippen MR) is 88.4 cm³/mol. The standard InChI is InChI=1S/C14H14IN3O3/c1-14(2,3)11-10(15)13(19)17-12(16-11)8-5-4-6-9(7-8)18(20)21/h4-7H,1-3H3,(H,16,17,19). The number of hydrogen-bond donors (Lipinski definition) is 1. The van der Waals surface area contributed by atoms with E-state index in [-0.39, 0.29) is 16.7 Å². The van der Waals surface area contributed by atoms with Crippen LogP contribution in [0.25, 0.3) is 11.4 Å². The van der Waals surface area contributed by atoms with E-state index >= 15 is 0 Å². The molecule has 1 aromatic heterocycles. The second-order valence-corrected chi connectivity index (χ2v) is 6.71. The van der Waals surface area contributed by atoms with Crippen molar-refractivity contribution in [2.75, 3.05) is 0 Å². The smallest absolute Gasteiger partial charge is 0.270 e. The number of nitrogens with zero attached hydrogens (tertiary/aromatic N) is 2. The monoisotopic (exact) mass is 399 g/mol. The van der Waals surface area contributed by atoms with Gasteiger partial charge in [-0.3, -0.25) is 14.9 Å². The molecular formula is C14H14IN3O3. The molecule has 110 valence electrons. The van der Waals surface area contributed by atoms with Gasteiger partial charge < -0.3 is 4.98 Å². The summed E-state index contributed by atoms with van der Waals surface area (Å²) in [4.78, 5) is 29.6. The largest absolute Gasteiger partial charge is 0.306 e. The Hall–Kier alpha value is -1.77. The molecule has 1 heterocycles. The second-order valence-electron chi connectivity index (χ2n) is 5.63. The fraction of sp³-hybridized carbons (Fsp3) is 0.286.